The van der Waals surface area contributed by atoms with E-state index in [4.69, 9.17) is 0 Å². The standard InChI is InChI=1S/C10H14F3N5OS/c11-10(12,13)5-18-2-1-7(4-18)3-14-8(19)16-9-17-15-6-20-9/h6-7H,1-5H2,(H2,14,16,17,19)/t7-/m0/s1. The Kier molecular flexibility index (Phi) is 4.76. The molecule has 2 heterocycles. The van der Waals surface area contributed by atoms with E-state index < -0.39 is 18.8 Å². The van der Waals surface area contributed by atoms with Crippen LogP contribution in [0.1, 0.15) is 6.42 Å². The zero-order valence-electron chi connectivity index (χ0n) is 10.5. The van der Waals surface area contributed by atoms with Crippen LogP contribution >= 0.6 is 11.3 Å². The Morgan fingerprint density at radius 2 is 2.35 bits per heavy atom. The van der Waals surface area contributed by atoms with E-state index in [9.17, 15) is 18.0 Å². The minimum Gasteiger partial charge on any atom is -0.337 e. The van der Waals surface area contributed by atoms with Crippen molar-refractivity contribution in [3.8, 4) is 0 Å². The molecule has 2 N–H and O–H groups in total. The van der Waals surface area contributed by atoms with E-state index in [-0.39, 0.29) is 5.92 Å². The van der Waals surface area contributed by atoms with Gasteiger partial charge in [-0.25, -0.2) is 4.79 Å². The summed E-state index contributed by atoms with van der Waals surface area (Å²) in [7, 11) is 0. The normalized spacial score (nSPS) is 20.1. The molecule has 112 valence electrons. The van der Waals surface area contributed by atoms with Crippen LogP contribution < -0.4 is 10.6 Å². The minimum atomic E-state index is -4.17. The zero-order valence-corrected chi connectivity index (χ0v) is 11.3. The first kappa shape index (κ1) is 15.0. The fourth-order valence-corrected chi connectivity index (χ4v) is 2.52. The molecule has 6 nitrogen and oxygen atoms in total. The average Bonchev–Trinajstić information content (AvgIpc) is 2.96. The van der Waals surface area contributed by atoms with Gasteiger partial charge in [0.15, 0.2) is 0 Å². The molecule has 1 aliphatic heterocycles. The maximum absolute atomic E-state index is 12.2. The van der Waals surface area contributed by atoms with Gasteiger partial charge in [0.25, 0.3) is 0 Å². The van der Waals surface area contributed by atoms with Gasteiger partial charge < -0.3 is 5.32 Å². The summed E-state index contributed by atoms with van der Waals surface area (Å²) in [5.74, 6) is 0.0394. The molecule has 1 aliphatic rings. The van der Waals surface area contributed by atoms with E-state index in [1.165, 1.54) is 21.7 Å². The molecular weight excluding hydrogens is 295 g/mol. The Hall–Kier alpha value is -1.42. The first-order chi connectivity index (χ1) is 9.42. The van der Waals surface area contributed by atoms with E-state index in [2.05, 4.69) is 20.8 Å². The SMILES string of the molecule is O=C(NC[C@@H]1CCN(CC(F)(F)F)C1)Nc1nncs1. The highest BCUT2D eigenvalue weighted by Gasteiger charge is 2.34. The van der Waals surface area contributed by atoms with Crippen LogP contribution in [0.15, 0.2) is 5.51 Å². The average molecular weight is 309 g/mol. The highest BCUT2D eigenvalue weighted by molar-refractivity contribution is 7.13. The molecule has 0 bridgehead atoms. The van der Waals surface area contributed by atoms with Gasteiger partial charge in [0.2, 0.25) is 5.13 Å². The molecule has 1 saturated heterocycles. The molecule has 2 amide bonds. The van der Waals surface area contributed by atoms with Crippen molar-refractivity contribution in [1.29, 1.82) is 0 Å². The lowest BCUT2D eigenvalue weighted by Crippen LogP contribution is -2.36. The second kappa shape index (κ2) is 6.35. The predicted molar refractivity (Wildman–Crippen MR) is 67.5 cm³/mol. The van der Waals surface area contributed by atoms with Crippen LogP contribution in [0.25, 0.3) is 0 Å². The Bertz CT molecular complexity index is 439. The smallest absolute Gasteiger partial charge is 0.337 e. The van der Waals surface area contributed by atoms with Crippen LogP contribution in [0.3, 0.4) is 0 Å². The van der Waals surface area contributed by atoms with Crippen molar-refractivity contribution >= 4 is 22.5 Å². The van der Waals surface area contributed by atoms with E-state index in [1.807, 2.05) is 0 Å². The summed E-state index contributed by atoms with van der Waals surface area (Å²) < 4.78 is 36.7. The summed E-state index contributed by atoms with van der Waals surface area (Å²) in [5, 5.41) is 12.7. The van der Waals surface area contributed by atoms with Crippen LogP contribution in [0, 0.1) is 5.92 Å². The van der Waals surface area contributed by atoms with Crippen LogP contribution in [-0.4, -0.2) is 53.5 Å². The topological polar surface area (TPSA) is 70.2 Å². The van der Waals surface area contributed by atoms with Crippen molar-refractivity contribution in [3.05, 3.63) is 5.51 Å². The van der Waals surface area contributed by atoms with Gasteiger partial charge in [-0.05, 0) is 18.9 Å². The number of amides is 2. The molecule has 0 unspecified atom stereocenters. The lowest BCUT2D eigenvalue weighted by molar-refractivity contribution is -0.143. The number of urea groups is 1. The largest absolute Gasteiger partial charge is 0.401 e. The number of alkyl halides is 3. The molecule has 1 aromatic rings. The Balaban J connectivity index is 1.66. The quantitative estimate of drug-likeness (QED) is 0.885. The van der Waals surface area contributed by atoms with E-state index >= 15 is 0 Å². The third-order valence-corrected chi connectivity index (χ3v) is 3.51. The van der Waals surface area contributed by atoms with E-state index in [0.717, 1.165) is 0 Å². The van der Waals surface area contributed by atoms with Crippen molar-refractivity contribution in [2.24, 2.45) is 5.92 Å². The molecule has 0 radical (unpaired) electrons. The molecule has 1 fully saturated rings. The lowest BCUT2D eigenvalue weighted by atomic mass is 10.1. The number of hydrogen-bond donors (Lipinski definition) is 2. The molecular formula is C10H14F3N5OS. The number of carbonyl (C=O) groups excluding carboxylic acids is 1. The molecule has 1 atom stereocenters. The summed E-state index contributed by atoms with van der Waals surface area (Å²) in [6, 6.07) is -0.420. The van der Waals surface area contributed by atoms with Crippen LogP contribution in [-0.2, 0) is 0 Å². The molecule has 20 heavy (non-hydrogen) atoms. The molecule has 2 rings (SSSR count). The molecule has 0 aromatic carbocycles. The minimum absolute atomic E-state index is 0.0394. The van der Waals surface area contributed by atoms with Crippen molar-refractivity contribution in [1.82, 2.24) is 20.4 Å². The Labute approximate surface area is 117 Å². The molecule has 0 saturated carbocycles. The van der Waals surface area contributed by atoms with Gasteiger partial charge in [0.05, 0.1) is 6.54 Å². The molecule has 1 aromatic heterocycles. The number of likely N-dealkylation sites (tertiary alicyclic amines) is 1. The number of halogens is 3. The number of carbonyl (C=O) groups is 1. The number of nitrogens with one attached hydrogen (secondary N) is 2. The number of nitrogens with zero attached hydrogens (tertiary/aromatic N) is 3. The first-order valence-electron chi connectivity index (χ1n) is 6.02. The number of aromatic nitrogens is 2. The van der Waals surface area contributed by atoms with Gasteiger partial charge in [0.1, 0.15) is 5.51 Å². The second-order valence-electron chi connectivity index (χ2n) is 4.58. The monoisotopic (exact) mass is 309 g/mol. The maximum Gasteiger partial charge on any atom is 0.401 e. The highest BCUT2D eigenvalue weighted by atomic mass is 32.1. The lowest BCUT2D eigenvalue weighted by Gasteiger charge is -2.17. The number of hydrogen-bond acceptors (Lipinski definition) is 5. The van der Waals surface area contributed by atoms with E-state index in [0.29, 0.717) is 31.2 Å². The van der Waals surface area contributed by atoms with Gasteiger partial charge in [-0.2, -0.15) is 13.2 Å². The Morgan fingerprint density at radius 3 is 3.00 bits per heavy atom. The molecule has 0 spiro atoms. The zero-order chi connectivity index (χ0) is 14.6. The fourth-order valence-electron chi connectivity index (χ4n) is 2.08. The van der Waals surface area contributed by atoms with Gasteiger partial charge in [0, 0.05) is 13.1 Å². The first-order valence-corrected chi connectivity index (χ1v) is 6.90. The van der Waals surface area contributed by atoms with Crippen LogP contribution in [0.4, 0.5) is 23.1 Å². The summed E-state index contributed by atoms with van der Waals surface area (Å²) >= 11 is 1.19. The maximum atomic E-state index is 12.2. The summed E-state index contributed by atoms with van der Waals surface area (Å²) in [6.45, 7) is 0.210. The van der Waals surface area contributed by atoms with Crippen LogP contribution in [0.5, 0.6) is 0 Å². The highest BCUT2D eigenvalue weighted by Crippen LogP contribution is 2.22. The summed E-state index contributed by atoms with van der Waals surface area (Å²) in [5.41, 5.74) is 1.49. The van der Waals surface area contributed by atoms with Crippen molar-refractivity contribution in [2.45, 2.75) is 12.6 Å². The van der Waals surface area contributed by atoms with Crippen molar-refractivity contribution < 1.29 is 18.0 Å². The van der Waals surface area contributed by atoms with Gasteiger partial charge in [-0.1, -0.05) is 11.3 Å². The van der Waals surface area contributed by atoms with Gasteiger partial charge in [-0.3, -0.25) is 10.2 Å². The van der Waals surface area contributed by atoms with Crippen molar-refractivity contribution in [2.75, 3.05) is 31.5 Å². The summed E-state index contributed by atoms with van der Waals surface area (Å²) in [4.78, 5) is 12.9. The summed E-state index contributed by atoms with van der Waals surface area (Å²) in [6.07, 6.45) is -3.52. The fraction of sp³-hybridized carbons (Fsp3) is 0.700. The Morgan fingerprint density at radius 1 is 1.55 bits per heavy atom. The number of anilines is 1. The molecule has 10 heteroatoms. The second-order valence-corrected chi connectivity index (χ2v) is 5.42. The predicted octanol–water partition coefficient (Wildman–Crippen LogP) is 1.54. The van der Waals surface area contributed by atoms with E-state index in [1.54, 1.807) is 0 Å². The number of rotatable bonds is 4. The van der Waals surface area contributed by atoms with Crippen LogP contribution in [0.2, 0.25) is 0 Å². The van der Waals surface area contributed by atoms with Gasteiger partial charge >= 0.3 is 12.2 Å². The third-order valence-electron chi connectivity index (χ3n) is 2.90. The molecule has 0 aliphatic carbocycles. The van der Waals surface area contributed by atoms with Gasteiger partial charge in [-0.15, -0.1) is 10.2 Å². The van der Waals surface area contributed by atoms with Crippen molar-refractivity contribution in [3.63, 3.8) is 0 Å². The third kappa shape index (κ3) is 4.93.